The number of amides is 1. The van der Waals surface area contributed by atoms with Gasteiger partial charge in [-0.15, -0.1) is 0 Å². The van der Waals surface area contributed by atoms with E-state index in [0.717, 1.165) is 50.9 Å². The van der Waals surface area contributed by atoms with E-state index in [-0.39, 0.29) is 11.6 Å². The largest absolute Gasteiger partial charge is 0.339 e. The summed E-state index contributed by atoms with van der Waals surface area (Å²) in [5, 5.41) is 2.82. The highest BCUT2D eigenvalue weighted by Gasteiger charge is 2.18. The Morgan fingerprint density at radius 2 is 1.75 bits per heavy atom. The van der Waals surface area contributed by atoms with E-state index >= 15 is 0 Å². The van der Waals surface area contributed by atoms with Crippen molar-refractivity contribution in [1.29, 1.82) is 0 Å². The summed E-state index contributed by atoms with van der Waals surface area (Å²) < 4.78 is 26.1. The van der Waals surface area contributed by atoms with Crippen molar-refractivity contribution in [3.63, 3.8) is 0 Å². The van der Waals surface area contributed by atoms with Crippen LogP contribution in [0.15, 0.2) is 30.6 Å². The van der Waals surface area contributed by atoms with E-state index in [2.05, 4.69) is 15.3 Å². The van der Waals surface area contributed by atoms with Crippen LogP contribution in [0, 0.1) is 11.6 Å². The molecule has 0 radical (unpaired) electrons. The van der Waals surface area contributed by atoms with Crippen molar-refractivity contribution in [3.05, 3.63) is 47.9 Å². The molecule has 1 amide bonds. The molecule has 0 saturated carbocycles. The molecule has 1 N–H and O–H groups in total. The maximum absolute atomic E-state index is 13.2. The first-order chi connectivity index (χ1) is 11.6. The fraction of sp³-hybridized carbons (Fsp3) is 0.353. The predicted molar refractivity (Wildman–Crippen MR) is 86.0 cm³/mol. The van der Waals surface area contributed by atoms with Crippen molar-refractivity contribution in [2.45, 2.75) is 25.7 Å². The van der Waals surface area contributed by atoms with Gasteiger partial charge in [-0.1, -0.05) is 12.8 Å². The van der Waals surface area contributed by atoms with E-state index in [1.54, 1.807) is 4.90 Å². The molecule has 1 fully saturated rings. The minimum atomic E-state index is -0.944. The molecule has 0 unspecified atom stereocenters. The quantitative estimate of drug-likeness (QED) is 0.934. The first kappa shape index (κ1) is 16.3. The average molecular weight is 332 g/mol. The Hall–Kier alpha value is -2.57. The van der Waals surface area contributed by atoms with Gasteiger partial charge in [0.05, 0.1) is 12.4 Å². The van der Waals surface area contributed by atoms with E-state index in [1.165, 1.54) is 18.5 Å². The van der Waals surface area contributed by atoms with Crippen LogP contribution in [0.4, 0.5) is 20.3 Å². The van der Waals surface area contributed by atoms with Crippen LogP contribution in [0.1, 0.15) is 36.2 Å². The summed E-state index contributed by atoms with van der Waals surface area (Å²) in [5.74, 6) is -1.62. The highest BCUT2D eigenvalue weighted by Crippen LogP contribution is 2.17. The molecule has 1 saturated heterocycles. The fourth-order valence-electron chi connectivity index (χ4n) is 2.66. The number of rotatable bonds is 3. The molecule has 0 bridgehead atoms. The molecule has 0 aliphatic carbocycles. The molecule has 2 aromatic rings. The van der Waals surface area contributed by atoms with Crippen LogP contribution in [0.5, 0.6) is 0 Å². The summed E-state index contributed by atoms with van der Waals surface area (Å²) in [6.45, 7) is 1.49. The lowest BCUT2D eigenvalue weighted by molar-refractivity contribution is 0.0755. The molecule has 7 heteroatoms. The van der Waals surface area contributed by atoms with Crippen molar-refractivity contribution in [1.82, 2.24) is 14.9 Å². The van der Waals surface area contributed by atoms with Crippen molar-refractivity contribution in [2.24, 2.45) is 0 Å². The van der Waals surface area contributed by atoms with Gasteiger partial charge < -0.3 is 10.2 Å². The number of hydrogen-bond acceptors (Lipinski definition) is 4. The maximum Gasteiger partial charge on any atom is 0.274 e. The van der Waals surface area contributed by atoms with Gasteiger partial charge in [-0.3, -0.25) is 4.79 Å². The Balaban J connectivity index is 1.68. The molecule has 126 valence electrons. The number of nitrogens with zero attached hydrogens (tertiary/aromatic N) is 3. The third kappa shape index (κ3) is 3.84. The normalized spacial score (nSPS) is 15.0. The first-order valence-corrected chi connectivity index (χ1v) is 7.97. The van der Waals surface area contributed by atoms with Crippen molar-refractivity contribution < 1.29 is 13.6 Å². The predicted octanol–water partition coefficient (Wildman–Crippen LogP) is 3.51. The lowest BCUT2D eigenvalue weighted by Crippen LogP contribution is -2.32. The van der Waals surface area contributed by atoms with Gasteiger partial charge in [-0.25, -0.2) is 18.7 Å². The molecule has 5 nitrogen and oxygen atoms in total. The minimum Gasteiger partial charge on any atom is -0.339 e. The van der Waals surface area contributed by atoms with E-state index < -0.39 is 11.6 Å². The molecule has 1 aromatic carbocycles. The molecule has 1 aromatic heterocycles. The molecule has 1 aliphatic rings. The summed E-state index contributed by atoms with van der Waals surface area (Å²) in [5.41, 5.74) is 0.641. The van der Waals surface area contributed by atoms with E-state index in [1.807, 2.05) is 0 Å². The van der Waals surface area contributed by atoms with Crippen molar-refractivity contribution in [3.8, 4) is 0 Å². The van der Waals surface area contributed by atoms with Crippen LogP contribution in [0.25, 0.3) is 0 Å². The summed E-state index contributed by atoms with van der Waals surface area (Å²) in [7, 11) is 0. The van der Waals surface area contributed by atoms with Crippen LogP contribution < -0.4 is 5.32 Å². The number of carbonyl (C=O) groups is 1. The van der Waals surface area contributed by atoms with Crippen LogP contribution >= 0.6 is 0 Å². The van der Waals surface area contributed by atoms with Gasteiger partial charge in [0.1, 0.15) is 11.5 Å². The zero-order valence-electron chi connectivity index (χ0n) is 13.1. The molecule has 2 heterocycles. The van der Waals surface area contributed by atoms with Gasteiger partial charge in [-0.2, -0.15) is 0 Å². The Morgan fingerprint density at radius 1 is 1.00 bits per heavy atom. The summed E-state index contributed by atoms with van der Waals surface area (Å²) in [6, 6.07) is 3.46. The van der Waals surface area contributed by atoms with E-state index in [0.29, 0.717) is 11.5 Å². The van der Waals surface area contributed by atoms with Gasteiger partial charge in [0.15, 0.2) is 11.6 Å². The van der Waals surface area contributed by atoms with Crippen LogP contribution in [0.3, 0.4) is 0 Å². The zero-order valence-corrected chi connectivity index (χ0v) is 13.1. The standard InChI is InChI=1S/C17H18F2N4O/c18-13-6-5-12(9-14(13)19)22-16-11-20-15(10-21-16)17(24)23-7-3-1-2-4-8-23/h5-6,9-11H,1-4,7-8H2,(H,21,22). The number of aromatic nitrogens is 2. The second kappa shape index (κ2) is 7.33. The third-order valence-electron chi connectivity index (χ3n) is 3.96. The number of carbonyl (C=O) groups excluding carboxylic acids is 1. The smallest absolute Gasteiger partial charge is 0.274 e. The van der Waals surface area contributed by atoms with Crippen molar-refractivity contribution in [2.75, 3.05) is 18.4 Å². The number of benzene rings is 1. The molecular weight excluding hydrogens is 314 g/mol. The lowest BCUT2D eigenvalue weighted by Gasteiger charge is -2.19. The maximum atomic E-state index is 13.2. The SMILES string of the molecule is O=C(c1cnc(Nc2ccc(F)c(F)c2)cn1)N1CCCCCC1. The molecule has 0 spiro atoms. The average Bonchev–Trinajstić information content (AvgIpc) is 2.88. The topological polar surface area (TPSA) is 58.1 Å². The molecular formula is C17H18F2N4O. The Kier molecular flexibility index (Phi) is 4.98. The van der Waals surface area contributed by atoms with Gasteiger partial charge in [-0.05, 0) is 25.0 Å². The number of nitrogens with one attached hydrogen (secondary N) is 1. The highest BCUT2D eigenvalue weighted by atomic mass is 19.2. The van der Waals surface area contributed by atoms with Gasteiger partial charge >= 0.3 is 0 Å². The Labute approximate surface area is 138 Å². The van der Waals surface area contributed by atoms with Gasteiger partial charge in [0.25, 0.3) is 5.91 Å². The summed E-state index contributed by atoms with van der Waals surface area (Å²) in [6.07, 6.45) is 7.12. The summed E-state index contributed by atoms with van der Waals surface area (Å²) >= 11 is 0. The lowest BCUT2D eigenvalue weighted by atomic mass is 10.2. The first-order valence-electron chi connectivity index (χ1n) is 7.97. The summed E-state index contributed by atoms with van der Waals surface area (Å²) in [4.78, 5) is 22.5. The second-order valence-electron chi connectivity index (χ2n) is 5.75. The fourth-order valence-corrected chi connectivity index (χ4v) is 2.66. The second-order valence-corrected chi connectivity index (χ2v) is 5.75. The number of halogens is 2. The Morgan fingerprint density at radius 3 is 2.38 bits per heavy atom. The van der Waals surface area contributed by atoms with Crippen LogP contribution in [-0.4, -0.2) is 33.9 Å². The minimum absolute atomic E-state index is 0.122. The van der Waals surface area contributed by atoms with E-state index in [4.69, 9.17) is 0 Å². The van der Waals surface area contributed by atoms with Gasteiger partial charge in [0, 0.05) is 24.8 Å². The van der Waals surface area contributed by atoms with Crippen molar-refractivity contribution >= 4 is 17.4 Å². The Bertz CT molecular complexity index is 713. The van der Waals surface area contributed by atoms with Gasteiger partial charge in [0.2, 0.25) is 0 Å². The third-order valence-corrected chi connectivity index (χ3v) is 3.96. The number of hydrogen-bond donors (Lipinski definition) is 1. The van der Waals surface area contributed by atoms with Crippen LogP contribution in [-0.2, 0) is 0 Å². The number of likely N-dealkylation sites (tertiary alicyclic amines) is 1. The molecule has 3 rings (SSSR count). The van der Waals surface area contributed by atoms with Crippen LogP contribution in [0.2, 0.25) is 0 Å². The van der Waals surface area contributed by atoms with E-state index in [9.17, 15) is 13.6 Å². The zero-order chi connectivity index (χ0) is 16.9. The molecule has 1 aliphatic heterocycles. The monoisotopic (exact) mass is 332 g/mol. The molecule has 0 atom stereocenters. The molecule has 24 heavy (non-hydrogen) atoms. The number of anilines is 2. The highest BCUT2D eigenvalue weighted by molar-refractivity contribution is 5.92.